The van der Waals surface area contributed by atoms with Crippen molar-refractivity contribution >= 4 is 16.9 Å². The molecule has 0 radical (unpaired) electrons. The Kier molecular flexibility index (Phi) is 2.17. The molecule has 0 aliphatic carbocycles. The molecule has 4 nitrogen and oxygen atoms in total. The molecule has 0 aliphatic heterocycles. The summed E-state index contributed by atoms with van der Waals surface area (Å²) in [5.74, 6) is -1.71. The summed E-state index contributed by atoms with van der Waals surface area (Å²) in [5, 5.41) is 17.9. The number of aromatic carboxylic acids is 1. The summed E-state index contributed by atoms with van der Waals surface area (Å²) < 4.78 is 18.1. The van der Waals surface area contributed by atoms with Gasteiger partial charge in [0, 0.05) is 5.39 Å². The lowest BCUT2D eigenvalue weighted by molar-refractivity contribution is 0.0697. The molecule has 2 N–H and O–H groups in total. The lowest BCUT2D eigenvalue weighted by Gasteiger charge is -1.96. The van der Waals surface area contributed by atoms with Crippen LogP contribution in [0.4, 0.5) is 4.39 Å². The molecule has 0 unspecified atom stereocenters. The van der Waals surface area contributed by atoms with Gasteiger partial charge in [-0.3, -0.25) is 0 Å². The Bertz CT molecular complexity index is 529. The fourth-order valence-electron chi connectivity index (χ4n) is 1.41. The van der Waals surface area contributed by atoms with Crippen molar-refractivity contribution in [2.75, 3.05) is 0 Å². The zero-order valence-electron chi connectivity index (χ0n) is 7.53. The highest BCUT2D eigenvalue weighted by Gasteiger charge is 2.15. The third-order valence-corrected chi connectivity index (χ3v) is 2.02. The molecule has 78 valence electrons. The quantitative estimate of drug-likeness (QED) is 0.792. The minimum absolute atomic E-state index is 0.0768. The number of benzene rings is 1. The number of rotatable bonds is 2. The van der Waals surface area contributed by atoms with Crippen LogP contribution in [0, 0.1) is 5.82 Å². The van der Waals surface area contributed by atoms with Gasteiger partial charge in [-0.25, -0.2) is 9.18 Å². The first kappa shape index (κ1) is 9.67. The fourth-order valence-corrected chi connectivity index (χ4v) is 1.41. The van der Waals surface area contributed by atoms with E-state index < -0.39 is 11.8 Å². The number of carbonyl (C=O) groups is 1. The smallest absolute Gasteiger partial charge is 0.339 e. The Morgan fingerprint density at radius 2 is 2.13 bits per heavy atom. The van der Waals surface area contributed by atoms with E-state index >= 15 is 0 Å². The first-order valence-electron chi connectivity index (χ1n) is 4.18. The summed E-state index contributed by atoms with van der Waals surface area (Å²) in [7, 11) is 0. The van der Waals surface area contributed by atoms with E-state index in [-0.39, 0.29) is 23.5 Å². The van der Waals surface area contributed by atoms with E-state index in [9.17, 15) is 9.18 Å². The number of carboxylic acids is 1. The second kappa shape index (κ2) is 3.36. The Balaban J connectivity index is 2.77. The number of hydrogen-bond acceptors (Lipinski definition) is 3. The molecule has 0 amide bonds. The highest BCUT2D eigenvalue weighted by molar-refractivity contribution is 6.01. The van der Waals surface area contributed by atoms with E-state index in [0.717, 1.165) is 12.1 Å². The lowest BCUT2D eigenvalue weighted by Crippen LogP contribution is -1.97. The lowest BCUT2D eigenvalue weighted by atomic mass is 10.1. The molecule has 1 aromatic carbocycles. The molecule has 2 aromatic rings. The summed E-state index contributed by atoms with van der Waals surface area (Å²) >= 11 is 0. The Labute approximate surface area is 83.6 Å². The van der Waals surface area contributed by atoms with Crippen LogP contribution in [0.25, 0.3) is 11.0 Å². The van der Waals surface area contributed by atoms with Crippen LogP contribution in [-0.4, -0.2) is 16.2 Å². The topological polar surface area (TPSA) is 70.7 Å². The van der Waals surface area contributed by atoms with Gasteiger partial charge in [-0.1, -0.05) is 0 Å². The largest absolute Gasteiger partial charge is 0.478 e. The molecule has 0 fully saturated rings. The van der Waals surface area contributed by atoms with Crippen LogP contribution in [0.15, 0.2) is 22.6 Å². The zero-order chi connectivity index (χ0) is 11.0. The summed E-state index contributed by atoms with van der Waals surface area (Å²) in [6.45, 7) is -0.352. The molecule has 1 heterocycles. The molecule has 2 rings (SSSR count). The van der Waals surface area contributed by atoms with E-state index in [4.69, 9.17) is 14.6 Å². The number of hydrogen-bond donors (Lipinski definition) is 2. The van der Waals surface area contributed by atoms with Gasteiger partial charge in [-0.15, -0.1) is 0 Å². The predicted octanol–water partition coefficient (Wildman–Crippen LogP) is 1.76. The highest BCUT2D eigenvalue weighted by Crippen LogP contribution is 2.24. The van der Waals surface area contributed by atoms with Crippen molar-refractivity contribution in [1.82, 2.24) is 0 Å². The third-order valence-electron chi connectivity index (χ3n) is 2.02. The summed E-state index contributed by atoms with van der Waals surface area (Å²) in [5.41, 5.74) is -0.169. The first-order chi connectivity index (χ1) is 7.11. The van der Waals surface area contributed by atoms with E-state index in [0.29, 0.717) is 5.39 Å². The standard InChI is InChI=1S/C10H7FO4/c11-6-1-5-2-7(4-12)15-9(5)8(3-6)10(13)14/h1-3,12H,4H2,(H,13,14). The van der Waals surface area contributed by atoms with Crippen molar-refractivity contribution < 1.29 is 23.8 Å². The maximum absolute atomic E-state index is 13.0. The summed E-state index contributed by atoms with van der Waals surface area (Å²) in [6.07, 6.45) is 0. The van der Waals surface area contributed by atoms with Crippen LogP contribution in [0.1, 0.15) is 16.1 Å². The maximum atomic E-state index is 13.0. The molecule has 15 heavy (non-hydrogen) atoms. The summed E-state index contributed by atoms with van der Waals surface area (Å²) in [4.78, 5) is 10.8. The monoisotopic (exact) mass is 210 g/mol. The van der Waals surface area contributed by atoms with E-state index in [1.165, 1.54) is 6.07 Å². The van der Waals surface area contributed by atoms with E-state index in [1.807, 2.05) is 0 Å². The number of carboxylic acid groups (broad SMARTS) is 1. The van der Waals surface area contributed by atoms with Crippen molar-refractivity contribution in [2.24, 2.45) is 0 Å². The average molecular weight is 210 g/mol. The minimum atomic E-state index is -1.27. The molecule has 0 bridgehead atoms. The van der Waals surface area contributed by atoms with Crippen LogP contribution >= 0.6 is 0 Å². The van der Waals surface area contributed by atoms with Crippen LogP contribution in [0.3, 0.4) is 0 Å². The molecule has 0 saturated carbocycles. The van der Waals surface area contributed by atoms with Crippen LogP contribution in [-0.2, 0) is 6.61 Å². The highest BCUT2D eigenvalue weighted by atomic mass is 19.1. The van der Waals surface area contributed by atoms with Crippen LogP contribution < -0.4 is 0 Å². The third kappa shape index (κ3) is 1.57. The number of aliphatic hydroxyl groups is 1. The van der Waals surface area contributed by atoms with Gasteiger partial charge < -0.3 is 14.6 Å². The van der Waals surface area contributed by atoms with Crippen molar-refractivity contribution in [1.29, 1.82) is 0 Å². The average Bonchev–Trinajstić information content (AvgIpc) is 2.58. The van der Waals surface area contributed by atoms with Crippen molar-refractivity contribution in [2.45, 2.75) is 6.61 Å². The van der Waals surface area contributed by atoms with Gasteiger partial charge in [-0.05, 0) is 18.2 Å². The van der Waals surface area contributed by atoms with Gasteiger partial charge in [0.15, 0.2) is 0 Å². The fraction of sp³-hybridized carbons (Fsp3) is 0.100. The molecule has 0 saturated heterocycles. The van der Waals surface area contributed by atoms with Crippen molar-refractivity contribution in [3.05, 3.63) is 35.3 Å². The van der Waals surface area contributed by atoms with Gasteiger partial charge in [0.1, 0.15) is 29.3 Å². The first-order valence-corrected chi connectivity index (χ1v) is 4.18. The van der Waals surface area contributed by atoms with Crippen molar-refractivity contribution in [3.63, 3.8) is 0 Å². The van der Waals surface area contributed by atoms with Crippen LogP contribution in [0.2, 0.25) is 0 Å². The van der Waals surface area contributed by atoms with Crippen molar-refractivity contribution in [3.8, 4) is 0 Å². The number of fused-ring (bicyclic) bond motifs is 1. The molecular weight excluding hydrogens is 203 g/mol. The Morgan fingerprint density at radius 3 is 2.73 bits per heavy atom. The Hall–Kier alpha value is -1.88. The minimum Gasteiger partial charge on any atom is -0.478 e. The second-order valence-corrected chi connectivity index (χ2v) is 3.05. The molecule has 0 atom stereocenters. The number of furan rings is 1. The molecule has 0 aliphatic rings. The molecule has 5 heteroatoms. The molecular formula is C10H7FO4. The normalized spacial score (nSPS) is 10.8. The van der Waals surface area contributed by atoms with E-state index in [1.54, 1.807) is 0 Å². The van der Waals surface area contributed by atoms with Crippen LogP contribution in [0.5, 0.6) is 0 Å². The molecule has 1 aromatic heterocycles. The maximum Gasteiger partial charge on any atom is 0.339 e. The summed E-state index contributed by atoms with van der Waals surface area (Å²) in [6, 6.07) is 3.45. The number of aliphatic hydroxyl groups excluding tert-OH is 1. The van der Waals surface area contributed by atoms with E-state index in [2.05, 4.69) is 0 Å². The number of halogens is 1. The van der Waals surface area contributed by atoms with Gasteiger partial charge in [-0.2, -0.15) is 0 Å². The van der Waals surface area contributed by atoms with Gasteiger partial charge >= 0.3 is 5.97 Å². The predicted molar refractivity (Wildman–Crippen MR) is 49.1 cm³/mol. The second-order valence-electron chi connectivity index (χ2n) is 3.05. The van der Waals surface area contributed by atoms with Gasteiger partial charge in [0.05, 0.1) is 0 Å². The molecule has 0 spiro atoms. The zero-order valence-corrected chi connectivity index (χ0v) is 7.53. The SMILES string of the molecule is O=C(O)c1cc(F)cc2cc(CO)oc12. The van der Waals surface area contributed by atoms with Gasteiger partial charge in [0.25, 0.3) is 0 Å². The Morgan fingerprint density at radius 1 is 1.40 bits per heavy atom. The van der Waals surface area contributed by atoms with Gasteiger partial charge in [0.2, 0.25) is 0 Å².